The number of rotatable bonds is 9. The number of hydrogen-bond acceptors (Lipinski definition) is 5. The third-order valence-electron chi connectivity index (χ3n) is 4.50. The number of anilines is 1. The second-order valence-corrected chi connectivity index (χ2v) is 6.71. The fourth-order valence-corrected chi connectivity index (χ4v) is 2.96. The van der Waals surface area contributed by atoms with Gasteiger partial charge in [0.15, 0.2) is 0 Å². The van der Waals surface area contributed by atoms with Gasteiger partial charge in [-0.15, -0.1) is 0 Å². The Morgan fingerprint density at radius 3 is 2.37 bits per heavy atom. The number of carbonyl (C=O) groups is 1. The van der Waals surface area contributed by atoms with E-state index < -0.39 is 12.3 Å². The first-order valence-corrected chi connectivity index (χ1v) is 9.70. The molecule has 0 heterocycles. The molecule has 154 valence electrons. The van der Waals surface area contributed by atoms with E-state index >= 15 is 0 Å². The van der Waals surface area contributed by atoms with Crippen molar-refractivity contribution in [1.29, 1.82) is 0 Å². The van der Waals surface area contributed by atoms with Gasteiger partial charge in [-0.05, 0) is 22.8 Å². The molecule has 0 saturated heterocycles. The lowest BCUT2D eigenvalue weighted by Crippen LogP contribution is -2.15. The molecule has 0 radical (unpaired) electrons. The lowest BCUT2D eigenvalue weighted by molar-refractivity contribution is 0.0290. The van der Waals surface area contributed by atoms with Gasteiger partial charge in [0.25, 0.3) is 0 Å². The molecule has 0 aliphatic carbocycles. The van der Waals surface area contributed by atoms with Crippen LogP contribution in [0.5, 0.6) is 5.75 Å². The van der Waals surface area contributed by atoms with Crippen molar-refractivity contribution < 1.29 is 19.0 Å². The predicted molar refractivity (Wildman–Crippen MR) is 117 cm³/mol. The van der Waals surface area contributed by atoms with E-state index in [0.29, 0.717) is 24.5 Å². The molecule has 0 spiro atoms. The average molecular weight is 403 g/mol. The molecule has 0 aromatic heterocycles. The first kappa shape index (κ1) is 21.0. The van der Waals surface area contributed by atoms with Crippen molar-refractivity contribution in [3.63, 3.8) is 0 Å². The Morgan fingerprint density at radius 2 is 1.70 bits per heavy atom. The first-order valence-electron chi connectivity index (χ1n) is 9.70. The molecule has 0 saturated carbocycles. The Bertz CT molecular complexity index is 957. The van der Waals surface area contributed by atoms with Crippen LogP contribution in [0.15, 0.2) is 91.5 Å². The van der Waals surface area contributed by atoms with E-state index in [0.717, 1.165) is 16.7 Å². The summed E-state index contributed by atoms with van der Waals surface area (Å²) in [4.78, 5) is 12.0. The van der Waals surface area contributed by atoms with Gasteiger partial charge < -0.3 is 19.9 Å². The molecular weight excluding hydrogens is 378 g/mol. The molecule has 0 aliphatic heterocycles. The van der Waals surface area contributed by atoms with Crippen molar-refractivity contribution in [1.82, 2.24) is 0 Å². The van der Waals surface area contributed by atoms with Gasteiger partial charge in [0.2, 0.25) is 0 Å². The maximum atomic E-state index is 12.0. The smallest absolute Gasteiger partial charge is 0.489 e. The lowest BCUT2D eigenvalue weighted by Gasteiger charge is -2.19. The van der Waals surface area contributed by atoms with Crippen LogP contribution in [0.4, 0.5) is 10.5 Å². The molecule has 5 heteroatoms. The van der Waals surface area contributed by atoms with Gasteiger partial charge in [-0.25, -0.2) is 4.79 Å². The molecule has 0 bridgehead atoms. The minimum absolute atomic E-state index is 0.0932. The van der Waals surface area contributed by atoms with Gasteiger partial charge in [0, 0.05) is 18.2 Å². The fraction of sp³-hybridized carbons (Fsp3) is 0.160. The van der Waals surface area contributed by atoms with Crippen LogP contribution < -0.4 is 10.5 Å². The van der Waals surface area contributed by atoms with Gasteiger partial charge in [-0.1, -0.05) is 79.4 Å². The summed E-state index contributed by atoms with van der Waals surface area (Å²) in [6.07, 6.45) is 0.634. The zero-order valence-corrected chi connectivity index (χ0v) is 16.7. The maximum Gasteiger partial charge on any atom is 0.509 e. The Morgan fingerprint density at radius 1 is 1.00 bits per heavy atom. The van der Waals surface area contributed by atoms with E-state index in [4.69, 9.17) is 19.9 Å². The van der Waals surface area contributed by atoms with Crippen LogP contribution in [0.3, 0.4) is 0 Å². The summed E-state index contributed by atoms with van der Waals surface area (Å²) < 4.78 is 16.3. The quantitative estimate of drug-likeness (QED) is 0.291. The van der Waals surface area contributed by atoms with Crippen molar-refractivity contribution in [3.8, 4) is 5.75 Å². The number of nitrogens with two attached hydrogens (primary N) is 1. The van der Waals surface area contributed by atoms with Gasteiger partial charge >= 0.3 is 6.16 Å². The average Bonchev–Trinajstić information content (AvgIpc) is 2.78. The minimum atomic E-state index is -0.745. The van der Waals surface area contributed by atoms with Crippen molar-refractivity contribution in [2.24, 2.45) is 0 Å². The van der Waals surface area contributed by atoms with Gasteiger partial charge in [0.05, 0.1) is 0 Å². The van der Waals surface area contributed by atoms with Crippen LogP contribution in [0.1, 0.15) is 22.8 Å². The molecule has 3 aromatic carbocycles. The minimum Gasteiger partial charge on any atom is -0.489 e. The van der Waals surface area contributed by atoms with E-state index in [-0.39, 0.29) is 6.61 Å². The molecule has 0 aliphatic rings. The highest BCUT2D eigenvalue weighted by Crippen LogP contribution is 2.28. The summed E-state index contributed by atoms with van der Waals surface area (Å²) in [5.41, 5.74) is 9.63. The van der Waals surface area contributed by atoms with Crippen LogP contribution in [0, 0.1) is 0 Å². The summed E-state index contributed by atoms with van der Waals surface area (Å²) in [5, 5.41) is 0. The van der Waals surface area contributed by atoms with Crippen molar-refractivity contribution in [3.05, 3.63) is 108 Å². The Labute approximate surface area is 176 Å². The van der Waals surface area contributed by atoms with E-state index in [2.05, 4.69) is 6.58 Å². The summed E-state index contributed by atoms with van der Waals surface area (Å²) in [5.74, 6) is 0.683. The highest BCUT2D eigenvalue weighted by Gasteiger charge is 2.19. The third-order valence-corrected chi connectivity index (χ3v) is 4.50. The topological polar surface area (TPSA) is 70.8 Å². The zero-order valence-electron chi connectivity index (χ0n) is 16.7. The van der Waals surface area contributed by atoms with Crippen molar-refractivity contribution in [2.75, 3.05) is 12.3 Å². The Balaban J connectivity index is 1.70. The fourth-order valence-electron chi connectivity index (χ4n) is 2.96. The third kappa shape index (κ3) is 6.14. The molecule has 5 nitrogen and oxygen atoms in total. The van der Waals surface area contributed by atoms with Crippen LogP contribution in [0.25, 0.3) is 0 Å². The molecule has 1 atom stereocenters. The summed E-state index contributed by atoms with van der Waals surface area (Å²) in [7, 11) is 0. The number of hydrogen-bond donors (Lipinski definition) is 1. The Kier molecular flexibility index (Phi) is 7.50. The SMILES string of the molecule is C=CCOC(=O)OC(Cc1ccc(OCc2ccccc2)cc1N)c1ccccc1. The van der Waals surface area contributed by atoms with Crippen LogP contribution in [-0.4, -0.2) is 12.8 Å². The van der Waals surface area contributed by atoms with E-state index in [1.54, 1.807) is 6.07 Å². The monoisotopic (exact) mass is 403 g/mol. The number of ether oxygens (including phenoxy) is 3. The van der Waals surface area contributed by atoms with Crippen LogP contribution in [-0.2, 0) is 22.5 Å². The van der Waals surface area contributed by atoms with Crippen LogP contribution >= 0.6 is 0 Å². The van der Waals surface area contributed by atoms with Gasteiger partial charge in [-0.2, -0.15) is 0 Å². The second kappa shape index (κ2) is 10.7. The molecule has 1 unspecified atom stereocenters. The molecule has 0 amide bonds. The molecular formula is C25H25NO4. The predicted octanol–water partition coefficient (Wildman–Crippen LogP) is 5.47. The largest absolute Gasteiger partial charge is 0.509 e. The first-order chi connectivity index (χ1) is 14.7. The number of nitrogen functional groups attached to an aromatic ring is 1. The summed E-state index contributed by atoms with van der Waals surface area (Å²) in [6, 6.07) is 25.0. The molecule has 3 rings (SSSR count). The maximum absolute atomic E-state index is 12.0. The second-order valence-electron chi connectivity index (χ2n) is 6.71. The zero-order chi connectivity index (χ0) is 21.2. The summed E-state index contributed by atoms with van der Waals surface area (Å²) in [6.45, 7) is 4.09. The number of benzene rings is 3. The van der Waals surface area contributed by atoms with E-state index in [1.807, 2.05) is 72.8 Å². The number of carbonyl (C=O) groups excluding carboxylic acids is 1. The lowest BCUT2D eigenvalue weighted by atomic mass is 10.00. The van der Waals surface area contributed by atoms with Crippen LogP contribution in [0.2, 0.25) is 0 Å². The molecule has 30 heavy (non-hydrogen) atoms. The van der Waals surface area contributed by atoms with Crippen molar-refractivity contribution in [2.45, 2.75) is 19.1 Å². The molecule has 0 fully saturated rings. The standard InChI is InChI=1S/C25H25NO4/c1-2-15-28-25(27)30-24(20-11-7-4-8-12-20)16-21-13-14-22(17-23(21)26)29-18-19-9-5-3-6-10-19/h2-14,17,24H,1,15-16,18,26H2. The van der Waals surface area contributed by atoms with Gasteiger partial charge in [-0.3, -0.25) is 0 Å². The summed E-state index contributed by atoms with van der Waals surface area (Å²) >= 11 is 0. The normalized spacial score (nSPS) is 11.3. The van der Waals surface area contributed by atoms with E-state index in [1.165, 1.54) is 6.08 Å². The van der Waals surface area contributed by atoms with Gasteiger partial charge in [0.1, 0.15) is 25.1 Å². The Hall–Kier alpha value is -3.73. The molecule has 3 aromatic rings. The van der Waals surface area contributed by atoms with Crippen molar-refractivity contribution >= 4 is 11.8 Å². The molecule has 2 N–H and O–H groups in total. The van der Waals surface area contributed by atoms with E-state index in [9.17, 15) is 4.79 Å². The highest BCUT2D eigenvalue weighted by atomic mass is 16.7. The highest BCUT2D eigenvalue weighted by molar-refractivity contribution is 5.61.